The molecule has 0 radical (unpaired) electrons. The van der Waals surface area contributed by atoms with Crippen LogP contribution in [0.4, 0.5) is 0 Å². The van der Waals surface area contributed by atoms with E-state index >= 15 is 0 Å². The molecule has 0 aliphatic carbocycles. The minimum atomic E-state index is -0.655. The zero-order chi connectivity index (χ0) is 6.57. The van der Waals surface area contributed by atoms with Crippen molar-refractivity contribution in [3.8, 4) is 0 Å². The zero-order valence-electron chi connectivity index (χ0n) is 3.77. The number of carbonyl (C=O) groups is 1. The lowest BCUT2D eigenvalue weighted by Crippen LogP contribution is -2.01. The molecule has 0 heterocycles. The number of allylic oxidation sites excluding steroid dienone is 1. The molecule has 0 bridgehead atoms. The van der Waals surface area contributed by atoms with Crippen LogP contribution in [0.5, 0.6) is 0 Å². The molecule has 0 aromatic carbocycles. The number of hydrogen-bond acceptors (Lipinski definition) is 1. The fourth-order valence-electron chi connectivity index (χ4n) is 0.135. The molecule has 0 saturated carbocycles. The van der Waals surface area contributed by atoms with Gasteiger partial charge in [-0.25, -0.2) is 0 Å². The predicted octanol–water partition coefficient (Wildman–Crippen LogP) is 2.27. The average molecular weight is 218 g/mol. The summed E-state index contributed by atoms with van der Waals surface area (Å²) in [5, 5.41) is 0. The first kappa shape index (κ1) is 8.47. The number of carbonyl (C=O) groups excluding carboxylic acids is 1. The maximum Gasteiger partial charge on any atom is 0.185 e. The molecule has 8 heavy (non-hydrogen) atoms. The lowest BCUT2D eigenvalue weighted by molar-refractivity contribution is -0.112. The Morgan fingerprint density at radius 2 is 2.25 bits per heavy atom. The van der Waals surface area contributed by atoms with Gasteiger partial charge in [0.15, 0.2) is 10.1 Å². The molecule has 0 saturated heterocycles. The van der Waals surface area contributed by atoms with Crippen LogP contribution < -0.4 is 0 Å². The van der Waals surface area contributed by atoms with E-state index in [1.807, 2.05) is 0 Å². The summed E-state index contributed by atoms with van der Waals surface area (Å²) >= 11 is 13.2. The molecule has 0 amide bonds. The van der Waals surface area contributed by atoms with Gasteiger partial charge < -0.3 is 0 Å². The first-order valence-corrected chi connectivity index (χ1v) is 3.56. The number of rotatable bonds is 2. The number of alkyl halides is 2. The van der Waals surface area contributed by atoms with Crippen molar-refractivity contribution in [3.05, 3.63) is 11.6 Å². The summed E-state index contributed by atoms with van der Waals surface area (Å²) in [5.74, 6) is -0.248. The first-order valence-electron chi connectivity index (χ1n) is 1.77. The topological polar surface area (TPSA) is 17.1 Å². The normalized spacial score (nSPS) is 14.4. The van der Waals surface area contributed by atoms with Crippen LogP contribution in [-0.2, 0) is 4.79 Å². The third-order valence-electron chi connectivity index (χ3n) is 0.442. The van der Waals surface area contributed by atoms with Crippen molar-refractivity contribution >= 4 is 44.9 Å². The summed E-state index contributed by atoms with van der Waals surface area (Å²) in [6.07, 6.45) is 1.19. The number of ketones is 1. The van der Waals surface area contributed by atoms with Crippen LogP contribution in [0, 0.1) is 0 Å². The fraction of sp³-hybridized carbons (Fsp3) is 0.250. The Labute approximate surface area is 65.8 Å². The van der Waals surface area contributed by atoms with Gasteiger partial charge in [0.2, 0.25) is 0 Å². The second-order valence-electron chi connectivity index (χ2n) is 0.996. The highest BCUT2D eigenvalue weighted by molar-refractivity contribution is 9.10. The van der Waals surface area contributed by atoms with E-state index in [0.717, 1.165) is 5.54 Å². The fourth-order valence-corrected chi connectivity index (χ4v) is 0.484. The van der Waals surface area contributed by atoms with Gasteiger partial charge in [-0.3, -0.25) is 4.79 Å². The van der Waals surface area contributed by atoms with Gasteiger partial charge in [0.05, 0.1) is 0 Å². The molecule has 1 atom stereocenters. The predicted molar refractivity (Wildman–Crippen MR) is 38.6 cm³/mol. The molecule has 0 aromatic heterocycles. The molecule has 0 aromatic rings. The number of hydrogen-bond donors (Lipinski definition) is 0. The van der Waals surface area contributed by atoms with Gasteiger partial charge in [0.25, 0.3) is 0 Å². The van der Waals surface area contributed by atoms with Gasteiger partial charge in [-0.1, -0.05) is 27.5 Å². The summed E-state index contributed by atoms with van der Waals surface area (Å²) in [4.78, 5) is 10.4. The Balaban J connectivity index is 3.66. The molecule has 0 N–H and O–H groups in total. The Kier molecular flexibility index (Phi) is 4.61. The van der Waals surface area contributed by atoms with E-state index in [9.17, 15) is 4.79 Å². The van der Waals surface area contributed by atoms with Crippen LogP contribution in [0.2, 0.25) is 0 Å². The zero-order valence-corrected chi connectivity index (χ0v) is 6.87. The summed E-state index contributed by atoms with van der Waals surface area (Å²) < 4.78 is -0.655. The van der Waals surface area contributed by atoms with Crippen LogP contribution in [0.1, 0.15) is 0 Å². The largest absolute Gasteiger partial charge is 0.292 e. The molecule has 0 spiro atoms. The third kappa shape index (κ3) is 3.47. The smallest absolute Gasteiger partial charge is 0.185 e. The van der Waals surface area contributed by atoms with Crippen LogP contribution in [0.25, 0.3) is 0 Å². The highest BCUT2D eigenvalue weighted by atomic mass is 79.9. The molecular formula is C4H3BrCl2O. The molecule has 1 unspecified atom stereocenters. The lowest BCUT2D eigenvalue weighted by Gasteiger charge is -1.88. The van der Waals surface area contributed by atoms with Crippen LogP contribution >= 0.6 is 39.1 Å². The van der Waals surface area contributed by atoms with E-state index in [-0.39, 0.29) is 5.78 Å². The summed E-state index contributed by atoms with van der Waals surface area (Å²) in [6, 6.07) is 0. The van der Waals surface area contributed by atoms with Crippen molar-refractivity contribution in [1.29, 1.82) is 0 Å². The molecule has 1 nitrogen and oxygen atoms in total. The van der Waals surface area contributed by atoms with Crippen molar-refractivity contribution < 1.29 is 4.79 Å². The maximum atomic E-state index is 10.4. The molecule has 0 rings (SSSR count). The van der Waals surface area contributed by atoms with Gasteiger partial charge in [0.1, 0.15) is 0 Å². The lowest BCUT2D eigenvalue weighted by atomic mass is 10.4. The van der Waals surface area contributed by atoms with Crippen molar-refractivity contribution in [1.82, 2.24) is 0 Å². The summed E-state index contributed by atoms with van der Waals surface area (Å²) in [6.45, 7) is 0. The van der Waals surface area contributed by atoms with Crippen molar-refractivity contribution in [2.45, 2.75) is 4.29 Å². The Morgan fingerprint density at radius 3 is 2.38 bits per heavy atom. The highest BCUT2D eigenvalue weighted by Crippen LogP contribution is 2.06. The number of halogens is 3. The standard InChI is InChI=1S/C4H3BrCl2O/c5-4(7)3(8)1-2-6/h1-2,4H. The van der Waals surface area contributed by atoms with E-state index < -0.39 is 4.29 Å². The third-order valence-corrected chi connectivity index (χ3v) is 1.23. The molecule has 0 fully saturated rings. The van der Waals surface area contributed by atoms with Crippen molar-refractivity contribution in [2.24, 2.45) is 0 Å². The molecule has 46 valence electrons. The monoisotopic (exact) mass is 216 g/mol. The minimum Gasteiger partial charge on any atom is -0.292 e. The Hall–Kier alpha value is 0.470. The summed E-state index contributed by atoms with van der Waals surface area (Å²) in [5.41, 5.74) is 1.12. The van der Waals surface area contributed by atoms with Crippen molar-refractivity contribution in [3.63, 3.8) is 0 Å². The molecule has 4 heteroatoms. The first-order chi connectivity index (χ1) is 3.68. The van der Waals surface area contributed by atoms with Crippen LogP contribution in [-0.4, -0.2) is 10.1 Å². The maximum absolute atomic E-state index is 10.4. The second kappa shape index (κ2) is 4.36. The minimum absolute atomic E-state index is 0.248. The van der Waals surface area contributed by atoms with Crippen LogP contribution in [0.3, 0.4) is 0 Å². The molecular weight excluding hydrogens is 215 g/mol. The van der Waals surface area contributed by atoms with Gasteiger partial charge in [-0.05, 0) is 6.08 Å². The quantitative estimate of drug-likeness (QED) is 0.513. The Bertz CT molecular complexity index is 111. The van der Waals surface area contributed by atoms with E-state index in [4.69, 9.17) is 23.2 Å². The SMILES string of the molecule is O=C(C=CCl)C(Cl)Br. The highest BCUT2D eigenvalue weighted by Gasteiger charge is 2.04. The Morgan fingerprint density at radius 1 is 1.75 bits per heavy atom. The average Bonchev–Trinajstić information content (AvgIpc) is 1.67. The van der Waals surface area contributed by atoms with Gasteiger partial charge >= 0.3 is 0 Å². The molecule has 0 aliphatic heterocycles. The van der Waals surface area contributed by atoms with E-state index in [1.165, 1.54) is 6.08 Å². The van der Waals surface area contributed by atoms with Gasteiger partial charge in [0, 0.05) is 5.54 Å². The second-order valence-corrected chi connectivity index (χ2v) is 3.13. The van der Waals surface area contributed by atoms with Crippen LogP contribution in [0.15, 0.2) is 11.6 Å². The van der Waals surface area contributed by atoms with E-state index in [2.05, 4.69) is 15.9 Å². The van der Waals surface area contributed by atoms with E-state index in [0.29, 0.717) is 0 Å². The van der Waals surface area contributed by atoms with Gasteiger partial charge in [-0.15, -0.1) is 11.6 Å². The van der Waals surface area contributed by atoms with E-state index in [1.54, 1.807) is 0 Å². The summed E-state index contributed by atoms with van der Waals surface area (Å²) in [7, 11) is 0. The molecule has 0 aliphatic rings. The van der Waals surface area contributed by atoms with Gasteiger partial charge in [-0.2, -0.15) is 0 Å². The van der Waals surface area contributed by atoms with Crippen molar-refractivity contribution in [2.75, 3.05) is 0 Å².